The van der Waals surface area contributed by atoms with Gasteiger partial charge in [-0.15, -0.1) is 0 Å². The molecule has 2 amide bonds. The fraction of sp³-hybridized carbons (Fsp3) is 0.333. The average molecular weight is 336 g/mol. The van der Waals surface area contributed by atoms with Crippen LogP contribution < -0.4 is 4.90 Å². The number of hydrogen-bond donors (Lipinski definition) is 0. The molecule has 0 spiro atoms. The molecule has 2 aromatic rings. The third-order valence-corrected chi connectivity index (χ3v) is 4.72. The second kappa shape index (κ2) is 6.71. The second-order valence-electron chi connectivity index (χ2n) is 6.95. The fourth-order valence-electron chi connectivity index (χ4n) is 3.49. The molecule has 1 saturated heterocycles. The topological polar surface area (TPSA) is 40.6 Å². The van der Waals surface area contributed by atoms with Crippen molar-refractivity contribution >= 4 is 17.5 Å². The zero-order valence-corrected chi connectivity index (χ0v) is 15.2. The number of anilines is 1. The number of nitrogens with zero attached hydrogens (tertiary/aromatic N) is 2. The number of hydrogen-bond acceptors (Lipinski definition) is 2. The van der Waals surface area contributed by atoms with Crippen LogP contribution in [0.5, 0.6) is 0 Å². The number of carbonyl (C=O) groups excluding carboxylic acids is 2. The van der Waals surface area contributed by atoms with Crippen molar-refractivity contribution in [3.05, 3.63) is 64.7 Å². The van der Waals surface area contributed by atoms with E-state index in [9.17, 15) is 9.59 Å². The zero-order chi connectivity index (χ0) is 18.1. The first kappa shape index (κ1) is 17.2. The molecule has 2 aromatic carbocycles. The quantitative estimate of drug-likeness (QED) is 0.842. The number of amides is 2. The molecule has 0 aliphatic carbocycles. The first-order valence-corrected chi connectivity index (χ1v) is 8.62. The largest absolute Gasteiger partial charge is 0.325 e. The minimum absolute atomic E-state index is 0.0365. The van der Waals surface area contributed by atoms with Crippen molar-refractivity contribution in [2.24, 2.45) is 0 Å². The minimum Gasteiger partial charge on any atom is -0.325 e. The van der Waals surface area contributed by atoms with Crippen molar-refractivity contribution in [2.45, 2.75) is 33.7 Å². The van der Waals surface area contributed by atoms with Gasteiger partial charge in [-0.2, -0.15) is 0 Å². The number of piperazine rings is 1. The summed E-state index contributed by atoms with van der Waals surface area (Å²) < 4.78 is 0. The Morgan fingerprint density at radius 2 is 1.68 bits per heavy atom. The van der Waals surface area contributed by atoms with Crippen molar-refractivity contribution in [3.63, 3.8) is 0 Å². The van der Waals surface area contributed by atoms with Crippen LogP contribution in [0.3, 0.4) is 0 Å². The van der Waals surface area contributed by atoms with Crippen molar-refractivity contribution in [2.75, 3.05) is 18.0 Å². The zero-order valence-electron chi connectivity index (χ0n) is 15.2. The summed E-state index contributed by atoms with van der Waals surface area (Å²) in [6.07, 6.45) is 0. The highest BCUT2D eigenvalue weighted by Crippen LogP contribution is 2.24. The lowest BCUT2D eigenvalue weighted by Gasteiger charge is -2.40. The number of aryl methyl sites for hydroxylation is 3. The van der Waals surface area contributed by atoms with Crippen molar-refractivity contribution in [1.29, 1.82) is 0 Å². The average Bonchev–Trinajstić information content (AvgIpc) is 2.56. The van der Waals surface area contributed by atoms with E-state index < -0.39 is 0 Å². The normalized spacial score (nSPS) is 17.8. The maximum absolute atomic E-state index is 12.9. The maximum Gasteiger partial charge on any atom is 0.254 e. The van der Waals surface area contributed by atoms with E-state index >= 15 is 0 Å². The summed E-state index contributed by atoms with van der Waals surface area (Å²) in [6.45, 7) is 8.59. The molecule has 1 aliphatic rings. The van der Waals surface area contributed by atoms with Gasteiger partial charge in [-0.3, -0.25) is 9.59 Å². The summed E-state index contributed by atoms with van der Waals surface area (Å²) >= 11 is 0. The lowest BCUT2D eigenvalue weighted by molar-refractivity contribution is -0.121. The van der Waals surface area contributed by atoms with Crippen LogP contribution in [-0.4, -0.2) is 35.8 Å². The standard InChI is InChI=1S/C21H24N2O2/c1-14-9-15(2)11-18(10-14)21(25)22-13-20(24)23(12-17(22)4)19-8-6-5-7-16(19)3/h5-11,17H,12-13H2,1-4H3. The molecule has 1 atom stereocenters. The third kappa shape index (κ3) is 3.43. The van der Waals surface area contributed by atoms with Crippen LogP contribution in [0.25, 0.3) is 0 Å². The van der Waals surface area contributed by atoms with Crippen molar-refractivity contribution < 1.29 is 9.59 Å². The third-order valence-electron chi connectivity index (χ3n) is 4.72. The molecule has 1 aliphatic heterocycles. The number of para-hydroxylation sites is 1. The van der Waals surface area contributed by atoms with E-state index in [1.54, 1.807) is 9.80 Å². The first-order valence-electron chi connectivity index (χ1n) is 8.62. The van der Waals surface area contributed by atoms with E-state index in [1.165, 1.54) is 0 Å². The molecule has 0 N–H and O–H groups in total. The van der Waals surface area contributed by atoms with Crippen LogP contribution in [0.2, 0.25) is 0 Å². The van der Waals surface area contributed by atoms with Crippen molar-refractivity contribution in [1.82, 2.24) is 4.90 Å². The van der Waals surface area contributed by atoms with Gasteiger partial charge in [-0.05, 0) is 51.5 Å². The Kier molecular flexibility index (Phi) is 4.62. The summed E-state index contributed by atoms with van der Waals surface area (Å²) in [6, 6.07) is 13.6. The molecule has 1 fully saturated rings. The Morgan fingerprint density at radius 3 is 2.32 bits per heavy atom. The summed E-state index contributed by atoms with van der Waals surface area (Å²) in [5.41, 5.74) is 4.76. The fourth-order valence-corrected chi connectivity index (χ4v) is 3.49. The molecule has 4 nitrogen and oxygen atoms in total. The molecule has 130 valence electrons. The van der Waals surface area contributed by atoms with Gasteiger partial charge in [0.15, 0.2) is 0 Å². The van der Waals surface area contributed by atoms with Crippen LogP contribution in [0.4, 0.5) is 5.69 Å². The Balaban J connectivity index is 1.84. The SMILES string of the molecule is Cc1cc(C)cc(C(=O)N2CC(=O)N(c3ccccc3C)CC2C)c1. The van der Waals surface area contributed by atoms with E-state index in [0.717, 1.165) is 22.4 Å². The van der Waals surface area contributed by atoms with Crippen LogP contribution >= 0.6 is 0 Å². The van der Waals surface area contributed by atoms with Gasteiger partial charge in [0.2, 0.25) is 5.91 Å². The van der Waals surface area contributed by atoms with Gasteiger partial charge in [-0.25, -0.2) is 0 Å². The number of rotatable bonds is 2. The Labute approximate surface area is 149 Å². The van der Waals surface area contributed by atoms with E-state index in [1.807, 2.05) is 70.2 Å². The van der Waals surface area contributed by atoms with Gasteiger partial charge in [0.05, 0.1) is 0 Å². The molecular weight excluding hydrogens is 312 g/mol. The summed E-state index contributed by atoms with van der Waals surface area (Å²) in [5.74, 6) is -0.109. The van der Waals surface area contributed by atoms with Gasteiger partial charge >= 0.3 is 0 Å². The second-order valence-corrected chi connectivity index (χ2v) is 6.95. The Morgan fingerprint density at radius 1 is 1.04 bits per heavy atom. The van der Waals surface area contributed by atoms with Gasteiger partial charge in [0.25, 0.3) is 5.91 Å². The molecular formula is C21H24N2O2. The highest BCUT2D eigenvalue weighted by molar-refractivity contribution is 6.02. The lowest BCUT2D eigenvalue weighted by Crippen LogP contribution is -2.57. The molecule has 0 aromatic heterocycles. The molecule has 3 rings (SSSR count). The Hall–Kier alpha value is -2.62. The lowest BCUT2D eigenvalue weighted by atomic mass is 10.0. The van der Waals surface area contributed by atoms with Gasteiger partial charge in [0.1, 0.15) is 6.54 Å². The van der Waals surface area contributed by atoms with E-state index in [4.69, 9.17) is 0 Å². The predicted molar refractivity (Wildman–Crippen MR) is 99.9 cm³/mol. The predicted octanol–water partition coefficient (Wildman–Crippen LogP) is 3.49. The van der Waals surface area contributed by atoms with Gasteiger partial charge < -0.3 is 9.80 Å². The monoisotopic (exact) mass is 336 g/mol. The van der Waals surface area contributed by atoms with E-state index in [0.29, 0.717) is 12.1 Å². The summed E-state index contributed by atoms with van der Waals surface area (Å²) in [5, 5.41) is 0. The van der Waals surface area contributed by atoms with Crippen molar-refractivity contribution in [3.8, 4) is 0 Å². The molecule has 0 saturated carbocycles. The molecule has 25 heavy (non-hydrogen) atoms. The summed E-state index contributed by atoms with van der Waals surface area (Å²) in [4.78, 5) is 29.1. The number of benzene rings is 2. The van der Waals surface area contributed by atoms with Gasteiger partial charge in [0, 0.05) is 23.8 Å². The number of carbonyl (C=O) groups is 2. The minimum atomic E-state index is -0.0721. The molecule has 1 heterocycles. The van der Waals surface area contributed by atoms with Crippen LogP contribution in [0.15, 0.2) is 42.5 Å². The molecule has 1 unspecified atom stereocenters. The van der Waals surface area contributed by atoms with Crippen LogP contribution in [-0.2, 0) is 4.79 Å². The Bertz CT molecular complexity index is 808. The van der Waals surface area contributed by atoms with Crippen LogP contribution in [0, 0.1) is 20.8 Å². The maximum atomic E-state index is 12.9. The van der Waals surface area contributed by atoms with E-state index in [-0.39, 0.29) is 24.4 Å². The van der Waals surface area contributed by atoms with E-state index in [2.05, 4.69) is 0 Å². The smallest absolute Gasteiger partial charge is 0.254 e. The first-order chi connectivity index (χ1) is 11.9. The molecule has 0 radical (unpaired) electrons. The molecule has 0 bridgehead atoms. The van der Waals surface area contributed by atoms with Crippen LogP contribution in [0.1, 0.15) is 34.0 Å². The summed E-state index contributed by atoms with van der Waals surface area (Å²) in [7, 11) is 0. The highest BCUT2D eigenvalue weighted by Gasteiger charge is 2.34. The van der Waals surface area contributed by atoms with Gasteiger partial charge in [-0.1, -0.05) is 35.4 Å². The highest BCUT2D eigenvalue weighted by atomic mass is 16.2. The molecule has 4 heteroatoms.